The summed E-state index contributed by atoms with van der Waals surface area (Å²) < 4.78 is 0. The molecule has 3 heteroatoms. The molecule has 15 heavy (non-hydrogen) atoms. The predicted octanol–water partition coefficient (Wildman–Crippen LogP) is 2.20. The van der Waals surface area contributed by atoms with Crippen LogP contribution in [0.1, 0.15) is 59.3 Å². The lowest BCUT2D eigenvalue weighted by Gasteiger charge is -2.19. The lowest BCUT2D eigenvalue weighted by molar-refractivity contribution is -0.123. The molecule has 0 saturated heterocycles. The highest BCUT2D eigenvalue weighted by atomic mass is 16.2. The first-order valence-corrected chi connectivity index (χ1v) is 6.21. The van der Waals surface area contributed by atoms with Crippen LogP contribution in [0.5, 0.6) is 0 Å². The molecular weight excluding hydrogens is 188 g/mol. The molecule has 0 aromatic carbocycles. The van der Waals surface area contributed by atoms with E-state index in [1.807, 2.05) is 6.92 Å². The highest BCUT2D eigenvalue weighted by Crippen LogP contribution is 2.07. The molecule has 90 valence electrons. The van der Waals surface area contributed by atoms with Crippen molar-refractivity contribution in [1.82, 2.24) is 5.32 Å². The lowest BCUT2D eigenvalue weighted by atomic mass is 10.0. The minimum Gasteiger partial charge on any atom is -0.352 e. The second-order valence-electron chi connectivity index (χ2n) is 4.15. The van der Waals surface area contributed by atoms with Gasteiger partial charge in [0.1, 0.15) is 0 Å². The van der Waals surface area contributed by atoms with E-state index in [9.17, 15) is 4.79 Å². The second-order valence-corrected chi connectivity index (χ2v) is 4.15. The Morgan fingerprint density at radius 3 is 2.33 bits per heavy atom. The minimum absolute atomic E-state index is 0.00653. The Hall–Kier alpha value is -0.570. The largest absolute Gasteiger partial charge is 0.352 e. The first kappa shape index (κ1) is 14.4. The third kappa shape index (κ3) is 6.50. The quantitative estimate of drug-likeness (QED) is 0.651. The molecule has 3 nitrogen and oxygen atoms in total. The molecule has 1 amide bonds. The molecule has 3 N–H and O–H groups in total. The van der Waals surface area contributed by atoms with E-state index in [2.05, 4.69) is 19.2 Å². The zero-order valence-corrected chi connectivity index (χ0v) is 10.4. The van der Waals surface area contributed by atoms with Crippen molar-refractivity contribution < 1.29 is 4.79 Å². The molecule has 0 rings (SSSR count). The number of unbranched alkanes of at least 4 members (excludes halogenated alkanes) is 1. The van der Waals surface area contributed by atoms with E-state index in [-0.39, 0.29) is 11.9 Å². The number of amides is 1. The number of nitrogens with one attached hydrogen (secondary N) is 1. The van der Waals surface area contributed by atoms with Gasteiger partial charge in [-0.25, -0.2) is 0 Å². The van der Waals surface area contributed by atoms with E-state index >= 15 is 0 Å². The normalized spacial score (nSPS) is 14.7. The average Bonchev–Trinajstić information content (AvgIpc) is 2.24. The number of carbonyl (C=O) groups is 1. The second kappa shape index (κ2) is 8.72. The van der Waals surface area contributed by atoms with Gasteiger partial charge in [0.05, 0.1) is 6.04 Å². The molecule has 0 heterocycles. The Kier molecular flexibility index (Phi) is 8.38. The maximum atomic E-state index is 11.6. The summed E-state index contributed by atoms with van der Waals surface area (Å²) in [4.78, 5) is 11.6. The van der Waals surface area contributed by atoms with Crippen molar-refractivity contribution in [2.45, 2.75) is 71.4 Å². The van der Waals surface area contributed by atoms with Gasteiger partial charge in [-0.15, -0.1) is 0 Å². The molecule has 0 aliphatic heterocycles. The first-order valence-electron chi connectivity index (χ1n) is 6.21. The Labute approximate surface area is 93.8 Å². The Morgan fingerprint density at radius 2 is 1.87 bits per heavy atom. The van der Waals surface area contributed by atoms with Crippen molar-refractivity contribution in [1.29, 1.82) is 0 Å². The summed E-state index contributed by atoms with van der Waals surface area (Å²) in [5.74, 6) is 0.00653. The average molecular weight is 214 g/mol. The number of hydrogen-bond donors (Lipinski definition) is 2. The van der Waals surface area contributed by atoms with Gasteiger partial charge >= 0.3 is 0 Å². The van der Waals surface area contributed by atoms with Crippen molar-refractivity contribution in [2.24, 2.45) is 5.73 Å². The first-order chi connectivity index (χ1) is 7.15. The molecule has 0 fully saturated rings. The van der Waals surface area contributed by atoms with Gasteiger partial charge < -0.3 is 11.1 Å². The van der Waals surface area contributed by atoms with Crippen LogP contribution >= 0.6 is 0 Å². The van der Waals surface area contributed by atoms with E-state index in [0.717, 1.165) is 19.3 Å². The number of rotatable bonds is 8. The van der Waals surface area contributed by atoms with Crippen LogP contribution in [0.2, 0.25) is 0 Å². The fraction of sp³-hybridized carbons (Fsp3) is 0.917. The summed E-state index contributed by atoms with van der Waals surface area (Å²) in [7, 11) is 0. The third-order valence-electron chi connectivity index (χ3n) is 2.67. The minimum atomic E-state index is -0.342. The Morgan fingerprint density at radius 1 is 1.20 bits per heavy atom. The van der Waals surface area contributed by atoms with Gasteiger partial charge in [-0.1, -0.05) is 40.0 Å². The van der Waals surface area contributed by atoms with Crippen LogP contribution in [0.4, 0.5) is 0 Å². The number of hydrogen-bond acceptors (Lipinski definition) is 2. The molecule has 0 radical (unpaired) electrons. The summed E-state index contributed by atoms with van der Waals surface area (Å²) in [6, 6.07) is -0.0222. The molecule has 0 aromatic heterocycles. The summed E-state index contributed by atoms with van der Waals surface area (Å²) >= 11 is 0. The summed E-state index contributed by atoms with van der Waals surface area (Å²) in [5, 5.41) is 3.04. The Balaban J connectivity index is 3.97. The molecule has 0 aromatic rings. The van der Waals surface area contributed by atoms with E-state index in [1.54, 1.807) is 0 Å². The topological polar surface area (TPSA) is 55.1 Å². The highest BCUT2D eigenvalue weighted by Gasteiger charge is 2.15. The van der Waals surface area contributed by atoms with Crippen LogP contribution < -0.4 is 11.1 Å². The maximum absolute atomic E-state index is 11.6. The molecule has 0 aliphatic rings. The van der Waals surface area contributed by atoms with Gasteiger partial charge in [0.25, 0.3) is 0 Å². The number of nitrogens with two attached hydrogens (primary N) is 1. The fourth-order valence-corrected chi connectivity index (χ4v) is 1.58. The molecule has 0 bridgehead atoms. The van der Waals surface area contributed by atoms with Crippen LogP contribution in [-0.4, -0.2) is 18.0 Å². The van der Waals surface area contributed by atoms with Crippen LogP contribution in [-0.2, 0) is 4.79 Å². The van der Waals surface area contributed by atoms with Crippen LogP contribution in [0.3, 0.4) is 0 Å². The van der Waals surface area contributed by atoms with Crippen molar-refractivity contribution in [3.05, 3.63) is 0 Å². The summed E-state index contributed by atoms with van der Waals surface area (Å²) in [6.07, 6.45) is 6.30. The van der Waals surface area contributed by atoms with Gasteiger partial charge in [-0.3, -0.25) is 4.79 Å². The van der Waals surface area contributed by atoms with Gasteiger partial charge in [0.15, 0.2) is 0 Å². The zero-order valence-electron chi connectivity index (χ0n) is 10.4. The van der Waals surface area contributed by atoms with Crippen molar-refractivity contribution in [2.75, 3.05) is 0 Å². The van der Waals surface area contributed by atoms with Crippen LogP contribution in [0.25, 0.3) is 0 Å². The van der Waals surface area contributed by atoms with Gasteiger partial charge in [-0.2, -0.15) is 0 Å². The molecular formula is C12H26N2O. The molecule has 0 saturated carbocycles. The van der Waals surface area contributed by atoms with E-state index < -0.39 is 0 Å². The van der Waals surface area contributed by atoms with Gasteiger partial charge in [0.2, 0.25) is 5.91 Å². The number of carbonyl (C=O) groups excluding carboxylic acids is 1. The van der Waals surface area contributed by atoms with Crippen molar-refractivity contribution in [3.63, 3.8) is 0 Å². The van der Waals surface area contributed by atoms with Crippen LogP contribution in [0, 0.1) is 0 Å². The zero-order chi connectivity index (χ0) is 11.7. The summed E-state index contributed by atoms with van der Waals surface area (Å²) in [6.45, 7) is 6.25. The SMILES string of the molecule is CCCCC(CCC)NC(=O)C(N)CC. The fourth-order valence-electron chi connectivity index (χ4n) is 1.58. The van der Waals surface area contributed by atoms with Crippen molar-refractivity contribution in [3.8, 4) is 0 Å². The highest BCUT2D eigenvalue weighted by molar-refractivity contribution is 5.81. The molecule has 0 aliphatic carbocycles. The van der Waals surface area contributed by atoms with E-state index in [4.69, 9.17) is 5.73 Å². The smallest absolute Gasteiger partial charge is 0.237 e. The molecule has 0 spiro atoms. The monoisotopic (exact) mass is 214 g/mol. The van der Waals surface area contributed by atoms with E-state index in [1.165, 1.54) is 12.8 Å². The Bertz CT molecular complexity index is 171. The summed E-state index contributed by atoms with van der Waals surface area (Å²) in [5.41, 5.74) is 5.68. The third-order valence-corrected chi connectivity index (χ3v) is 2.67. The standard InChI is InChI=1S/C12H26N2O/c1-4-7-9-10(8-5-2)14-12(15)11(13)6-3/h10-11H,4-9,13H2,1-3H3,(H,14,15). The molecule has 2 unspecified atom stereocenters. The van der Waals surface area contributed by atoms with Crippen LogP contribution in [0.15, 0.2) is 0 Å². The van der Waals surface area contributed by atoms with Gasteiger partial charge in [0, 0.05) is 6.04 Å². The molecule has 2 atom stereocenters. The lowest BCUT2D eigenvalue weighted by Crippen LogP contribution is -2.45. The van der Waals surface area contributed by atoms with E-state index in [0.29, 0.717) is 12.5 Å². The van der Waals surface area contributed by atoms with Gasteiger partial charge in [-0.05, 0) is 19.3 Å². The maximum Gasteiger partial charge on any atom is 0.237 e. The predicted molar refractivity (Wildman–Crippen MR) is 64.6 cm³/mol. The van der Waals surface area contributed by atoms with Crippen molar-refractivity contribution >= 4 is 5.91 Å².